The molecule has 0 aliphatic carbocycles. The first-order valence-electron chi connectivity index (χ1n) is 9.11. The summed E-state index contributed by atoms with van der Waals surface area (Å²) in [6.45, 7) is 2.46. The van der Waals surface area contributed by atoms with Crippen LogP contribution in [0.4, 0.5) is 15.9 Å². The number of amides is 1. The van der Waals surface area contributed by atoms with Gasteiger partial charge in [-0.15, -0.1) is 0 Å². The Kier molecular flexibility index (Phi) is 4.58. The Hall–Kier alpha value is -3.23. The van der Waals surface area contributed by atoms with E-state index in [1.807, 2.05) is 19.0 Å². The van der Waals surface area contributed by atoms with Gasteiger partial charge in [-0.05, 0) is 24.3 Å². The van der Waals surface area contributed by atoms with Crippen LogP contribution < -0.4 is 9.80 Å². The van der Waals surface area contributed by atoms with Gasteiger partial charge >= 0.3 is 0 Å². The van der Waals surface area contributed by atoms with Crippen LogP contribution in [0.15, 0.2) is 30.5 Å². The van der Waals surface area contributed by atoms with Crippen molar-refractivity contribution in [3.63, 3.8) is 0 Å². The molecule has 28 heavy (non-hydrogen) atoms. The molecule has 8 nitrogen and oxygen atoms in total. The summed E-state index contributed by atoms with van der Waals surface area (Å²) in [5.74, 6) is 0.406. The molecule has 0 saturated carbocycles. The SMILES string of the molecule is CN(C)c1nc(C(=O)N2CCN(c3ccc(F)cc3)CC2)nc2c1cnn2C. The van der Waals surface area contributed by atoms with Crippen LogP contribution in [-0.4, -0.2) is 70.8 Å². The van der Waals surface area contributed by atoms with Crippen molar-refractivity contribution >= 4 is 28.4 Å². The van der Waals surface area contributed by atoms with Gasteiger partial charge in [0, 0.05) is 53.0 Å². The summed E-state index contributed by atoms with van der Waals surface area (Å²) < 4.78 is 14.8. The predicted octanol–water partition coefficient (Wildman–Crippen LogP) is 1.53. The van der Waals surface area contributed by atoms with Crippen molar-refractivity contribution in [2.75, 3.05) is 50.1 Å². The Bertz CT molecular complexity index is 1010. The van der Waals surface area contributed by atoms with Crippen molar-refractivity contribution in [1.82, 2.24) is 24.6 Å². The van der Waals surface area contributed by atoms with Gasteiger partial charge in [-0.1, -0.05) is 0 Å². The third-order valence-electron chi connectivity index (χ3n) is 4.95. The Labute approximate surface area is 162 Å². The van der Waals surface area contributed by atoms with Crippen molar-refractivity contribution in [2.45, 2.75) is 0 Å². The molecule has 1 aromatic carbocycles. The van der Waals surface area contributed by atoms with E-state index in [-0.39, 0.29) is 17.5 Å². The smallest absolute Gasteiger partial charge is 0.291 e. The van der Waals surface area contributed by atoms with Gasteiger partial charge in [0.05, 0.1) is 11.6 Å². The van der Waals surface area contributed by atoms with Crippen molar-refractivity contribution in [3.05, 3.63) is 42.1 Å². The summed E-state index contributed by atoms with van der Waals surface area (Å²) in [5.41, 5.74) is 1.59. The first kappa shape index (κ1) is 18.1. The normalized spacial score (nSPS) is 14.6. The minimum absolute atomic E-state index is 0.176. The van der Waals surface area contributed by atoms with E-state index in [0.29, 0.717) is 37.6 Å². The third-order valence-corrected chi connectivity index (χ3v) is 4.95. The molecule has 2 aromatic heterocycles. The number of fused-ring (bicyclic) bond motifs is 1. The van der Waals surface area contributed by atoms with E-state index >= 15 is 0 Å². The van der Waals surface area contributed by atoms with Crippen LogP contribution in [0.3, 0.4) is 0 Å². The quantitative estimate of drug-likeness (QED) is 0.683. The monoisotopic (exact) mass is 383 g/mol. The first-order valence-corrected chi connectivity index (χ1v) is 9.11. The van der Waals surface area contributed by atoms with E-state index < -0.39 is 0 Å². The van der Waals surface area contributed by atoms with Gasteiger partial charge in [-0.2, -0.15) is 5.10 Å². The van der Waals surface area contributed by atoms with E-state index in [2.05, 4.69) is 20.0 Å². The molecule has 0 atom stereocenters. The minimum Gasteiger partial charge on any atom is -0.368 e. The average Bonchev–Trinajstić information content (AvgIpc) is 3.08. The van der Waals surface area contributed by atoms with Crippen molar-refractivity contribution < 1.29 is 9.18 Å². The molecule has 1 aliphatic heterocycles. The van der Waals surface area contributed by atoms with Gasteiger partial charge in [-0.25, -0.2) is 14.4 Å². The third kappa shape index (κ3) is 3.23. The summed E-state index contributed by atoms with van der Waals surface area (Å²) in [6.07, 6.45) is 1.71. The molecule has 3 aromatic rings. The number of aryl methyl sites for hydroxylation is 1. The number of halogens is 1. The second-order valence-electron chi connectivity index (χ2n) is 7.03. The summed E-state index contributed by atoms with van der Waals surface area (Å²) in [6, 6.07) is 6.42. The summed E-state index contributed by atoms with van der Waals surface area (Å²) >= 11 is 0. The average molecular weight is 383 g/mol. The Balaban J connectivity index is 1.54. The number of hydrogen-bond donors (Lipinski definition) is 0. The van der Waals surface area contributed by atoms with Gasteiger partial charge in [0.2, 0.25) is 5.82 Å². The van der Waals surface area contributed by atoms with Gasteiger partial charge in [0.15, 0.2) is 5.65 Å². The van der Waals surface area contributed by atoms with Crippen LogP contribution in [0.2, 0.25) is 0 Å². The number of piperazine rings is 1. The lowest BCUT2D eigenvalue weighted by Gasteiger charge is -2.35. The number of carbonyl (C=O) groups excluding carboxylic acids is 1. The number of hydrogen-bond acceptors (Lipinski definition) is 6. The lowest BCUT2D eigenvalue weighted by molar-refractivity contribution is 0.0735. The van der Waals surface area contributed by atoms with Crippen molar-refractivity contribution in [1.29, 1.82) is 0 Å². The molecule has 4 rings (SSSR count). The number of carbonyl (C=O) groups is 1. The van der Waals surface area contributed by atoms with Gasteiger partial charge in [0.1, 0.15) is 11.6 Å². The van der Waals surface area contributed by atoms with Gasteiger partial charge in [-0.3, -0.25) is 9.48 Å². The zero-order valence-corrected chi connectivity index (χ0v) is 16.1. The van der Waals surface area contributed by atoms with Crippen LogP contribution in [0, 0.1) is 5.82 Å². The number of nitrogens with zero attached hydrogens (tertiary/aromatic N) is 7. The molecule has 1 saturated heterocycles. The second kappa shape index (κ2) is 7.06. The second-order valence-corrected chi connectivity index (χ2v) is 7.03. The van der Waals surface area contributed by atoms with Gasteiger partial charge < -0.3 is 14.7 Å². The highest BCUT2D eigenvalue weighted by Gasteiger charge is 2.26. The first-order chi connectivity index (χ1) is 13.4. The number of benzene rings is 1. The molecule has 0 radical (unpaired) electrons. The fourth-order valence-electron chi connectivity index (χ4n) is 3.40. The van der Waals surface area contributed by atoms with Crippen LogP contribution in [0.5, 0.6) is 0 Å². The Morgan fingerprint density at radius 2 is 1.75 bits per heavy atom. The molecule has 1 amide bonds. The highest BCUT2D eigenvalue weighted by molar-refractivity contribution is 5.95. The zero-order chi connectivity index (χ0) is 19.8. The zero-order valence-electron chi connectivity index (χ0n) is 16.1. The minimum atomic E-state index is -0.253. The van der Waals surface area contributed by atoms with E-state index in [4.69, 9.17) is 0 Å². The molecule has 1 fully saturated rings. The maximum absolute atomic E-state index is 13.1. The number of aromatic nitrogens is 4. The van der Waals surface area contributed by atoms with Gasteiger partial charge in [0.25, 0.3) is 5.91 Å². The molecule has 0 N–H and O–H groups in total. The Morgan fingerprint density at radius 1 is 1.07 bits per heavy atom. The molecule has 0 spiro atoms. The summed E-state index contributed by atoms with van der Waals surface area (Å²) in [4.78, 5) is 27.7. The number of rotatable bonds is 3. The van der Waals surface area contributed by atoms with E-state index in [1.54, 1.807) is 35.0 Å². The highest BCUT2D eigenvalue weighted by Crippen LogP contribution is 2.23. The molecule has 0 unspecified atom stereocenters. The Morgan fingerprint density at radius 3 is 2.39 bits per heavy atom. The van der Waals surface area contributed by atoms with Crippen LogP contribution in [0.1, 0.15) is 10.6 Å². The van der Waals surface area contributed by atoms with Crippen molar-refractivity contribution in [2.24, 2.45) is 7.05 Å². The highest BCUT2D eigenvalue weighted by atomic mass is 19.1. The fraction of sp³-hybridized carbons (Fsp3) is 0.368. The largest absolute Gasteiger partial charge is 0.368 e. The summed E-state index contributed by atoms with van der Waals surface area (Å²) in [7, 11) is 5.56. The predicted molar refractivity (Wildman–Crippen MR) is 105 cm³/mol. The lowest BCUT2D eigenvalue weighted by Crippen LogP contribution is -2.49. The maximum atomic E-state index is 13.1. The molecule has 0 bridgehead atoms. The summed E-state index contributed by atoms with van der Waals surface area (Å²) in [5, 5.41) is 5.04. The van der Waals surface area contributed by atoms with E-state index in [1.165, 1.54) is 12.1 Å². The van der Waals surface area contributed by atoms with Crippen LogP contribution in [-0.2, 0) is 7.05 Å². The fourth-order valence-corrected chi connectivity index (χ4v) is 3.40. The van der Waals surface area contributed by atoms with Crippen molar-refractivity contribution in [3.8, 4) is 0 Å². The maximum Gasteiger partial charge on any atom is 0.291 e. The molecular weight excluding hydrogens is 361 g/mol. The molecule has 1 aliphatic rings. The topological polar surface area (TPSA) is 70.4 Å². The molecule has 146 valence electrons. The standard InChI is InChI=1S/C19H22FN7O/c1-24(2)17-15-12-21-25(3)18(15)23-16(22-17)19(28)27-10-8-26(9-11-27)14-6-4-13(20)5-7-14/h4-7,12H,8-11H2,1-3H3. The lowest BCUT2D eigenvalue weighted by atomic mass is 10.2. The van der Waals surface area contributed by atoms with E-state index in [0.717, 1.165) is 11.1 Å². The molecule has 9 heteroatoms. The van der Waals surface area contributed by atoms with E-state index in [9.17, 15) is 9.18 Å². The van der Waals surface area contributed by atoms with Crippen LogP contribution >= 0.6 is 0 Å². The molecule has 3 heterocycles. The molecular formula is C19H22FN7O. The van der Waals surface area contributed by atoms with Crippen LogP contribution in [0.25, 0.3) is 11.0 Å². The number of anilines is 2.